The van der Waals surface area contributed by atoms with Crippen LogP contribution in [0.1, 0.15) is 40.2 Å². The number of nitrogens with two attached hydrogens (primary N) is 1. The number of likely N-dealkylation sites (tertiary alicyclic amines) is 1. The van der Waals surface area contributed by atoms with E-state index < -0.39 is 13.1 Å². The molecular weight excluding hydrogens is 582 g/mol. The van der Waals surface area contributed by atoms with E-state index in [1.54, 1.807) is 24.3 Å². The van der Waals surface area contributed by atoms with Gasteiger partial charge in [0.15, 0.2) is 5.82 Å². The predicted molar refractivity (Wildman–Crippen MR) is 176 cm³/mol. The first kappa shape index (κ1) is 25.3. The minimum absolute atomic E-state index is 0.000306. The Labute approximate surface area is 270 Å². The zero-order valence-electron chi connectivity index (χ0n) is 28.7. The van der Waals surface area contributed by atoms with Gasteiger partial charge in [0.05, 0.1) is 31.1 Å². The molecule has 0 spiro atoms. The highest BCUT2D eigenvalue weighted by atomic mass is 16.5. The Morgan fingerprint density at radius 2 is 1.87 bits per heavy atom. The van der Waals surface area contributed by atoms with Crippen molar-refractivity contribution in [3.63, 3.8) is 0 Å². The summed E-state index contributed by atoms with van der Waals surface area (Å²) in [5, 5.41) is 3.49. The summed E-state index contributed by atoms with van der Waals surface area (Å²) in [4.78, 5) is 37.3. The van der Waals surface area contributed by atoms with Gasteiger partial charge in [0, 0.05) is 58.5 Å². The molecule has 11 heteroatoms. The normalized spacial score (nSPS) is 21.8. The number of hydrogen-bond donors (Lipinski definition) is 2. The minimum Gasteiger partial charge on any atom is -0.494 e. The van der Waals surface area contributed by atoms with Crippen molar-refractivity contribution in [2.75, 3.05) is 26.1 Å². The van der Waals surface area contributed by atoms with E-state index >= 15 is 0 Å². The van der Waals surface area contributed by atoms with Gasteiger partial charge in [-0.15, -0.1) is 0 Å². The number of aromatic nitrogens is 4. The predicted octanol–water partition coefficient (Wildman–Crippen LogP) is 5.42. The van der Waals surface area contributed by atoms with E-state index in [1.807, 2.05) is 35.2 Å². The average molecular weight is 623 g/mol. The number of hydrogen-bond acceptors (Lipinski definition) is 7. The Bertz CT molecular complexity index is 2120. The Morgan fingerprint density at radius 1 is 1.04 bits per heavy atom. The molecule has 8 rings (SSSR count). The maximum absolute atomic E-state index is 13.8. The van der Waals surface area contributed by atoms with Crippen molar-refractivity contribution < 1.29 is 23.2 Å². The summed E-state index contributed by atoms with van der Waals surface area (Å²) in [5.41, 5.74) is 11.0. The first-order chi connectivity index (χ1) is 23.5. The van der Waals surface area contributed by atoms with E-state index in [9.17, 15) is 9.59 Å². The van der Waals surface area contributed by atoms with E-state index in [2.05, 4.69) is 14.6 Å². The summed E-state index contributed by atoms with van der Waals surface area (Å²) in [6.07, 6.45) is 3.50. The molecule has 5 aromatic rings. The number of ether oxygens (including phenoxy) is 2. The Morgan fingerprint density at radius 3 is 2.54 bits per heavy atom. The number of piperidine rings is 1. The minimum atomic E-state index is -2.61. The van der Waals surface area contributed by atoms with E-state index in [0.29, 0.717) is 58.6 Å². The lowest BCUT2D eigenvalue weighted by molar-refractivity contribution is 0.0700. The van der Waals surface area contributed by atoms with E-state index in [-0.39, 0.29) is 29.6 Å². The molecule has 2 bridgehead atoms. The Balaban J connectivity index is 1.25. The lowest BCUT2D eigenvalue weighted by Gasteiger charge is -2.27. The molecule has 1 saturated heterocycles. The molecule has 11 nitrogen and oxygen atoms in total. The number of rotatable bonds is 7. The van der Waals surface area contributed by atoms with E-state index in [1.165, 1.54) is 18.8 Å². The number of nitrogens with one attached hydrogen (secondary N) is 1. The number of aryl methyl sites for hydroxylation is 1. The maximum Gasteiger partial charge on any atom is 0.411 e. The highest BCUT2D eigenvalue weighted by Crippen LogP contribution is 2.40. The van der Waals surface area contributed by atoms with Gasteiger partial charge in [-0.05, 0) is 80.0 Å². The van der Waals surface area contributed by atoms with E-state index in [0.717, 1.165) is 42.3 Å². The van der Waals surface area contributed by atoms with Gasteiger partial charge in [0.2, 0.25) is 0 Å². The topological polar surface area (TPSA) is 130 Å². The number of benzene rings is 2. The SMILES string of the molecule is [2H]C([2H])([2H])n1c(-c2cc3ccc(-c4ccc(NC(=O)OC)cc4)nc3n2CC2CC2)nc2cc(C(=O)N3CC4CCC3[C@@H]4N)cc(OC)c21. The molecule has 2 aromatic carbocycles. The molecule has 3 atom stereocenters. The fourth-order valence-electron chi connectivity index (χ4n) is 7.18. The molecule has 2 saturated carbocycles. The van der Waals surface area contributed by atoms with Crippen molar-refractivity contribution in [3.8, 4) is 28.5 Å². The fraction of sp³-hybridized carbons (Fsp3) is 0.371. The lowest BCUT2D eigenvalue weighted by Crippen LogP contribution is -2.41. The second-order valence-corrected chi connectivity index (χ2v) is 12.6. The monoisotopic (exact) mass is 622 g/mol. The quantitative estimate of drug-likeness (QED) is 0.248. The molecular formula is C35H37N7O4. The van der Waals surface area contributed by atoms with Crippen LogP contribution in [0.3, 0.4) is 0 Å². The number of imidazole rings is 1. The number of carbonyl (C=O) groups excluding carboxylic acids is 2. The number of carbonyl (C=O) groups is 2. The largest absolute Gasteiger partial charge is 0.494 e. The van der Waals surface area contributed by atoms with Crippen LogP contribution in [-0.4, -0.2) is 68.9 Å². The van der Waals surface area contributed by atoms with Crippen LogP contribution >= 0.6 is 0 Å². The van der Waals surface area contributed by atoms with Gasteiger partial charge in [0.25, 0.3) is 5.91 Å². The van der Waals surface area contributed by atoms with Gasteiger partial charge in [-0.1, -0.05) is 12.1 Å². The van der Waals surface area contributed by atoms with Crippen molar-refractivity contribution in [3.05, 3.63) is 60.2 Å². The van der Waals surface area contributed by atoms with Gasteiger partial charge in [-0.3, -0.25) is 10.1 Å². The molecule has 2 amide bonds. The first-order valence-electron chi connectivity index (χ1n) is 17.2. The number of fused-ring (bicyclic) bond motifs is 4. The van der Waals surface area contributed by atoms with Crippen LogP contribution in [0, 0.1) is 11.8 Å². The molecule has 3 aliphatic rings. The Kier molecular flexibility index (Phi) is 5.98. The smallest absolute Gasteiger partial charge is 0.411 e. The van der Waals surface area contributed by atoms with Crippen molar-refractivity contribution >= 4 is 39.8 Å². The summed E-state index contributed by atoms with van der Waals surface area (Å²) in [5.74, 6) is 1.10. The molecule has 2 unspecified atom stereocenters. The van der Waals surface area contributed by atoms with Gasteiger partial charge < -0.3 is 29.2 Å². The first-order valence-corrected chi connectivity index (χ1v) is 15.7. The molecule has 2 aliphatic carbocycles. The van der Waals surface area contributed by atoms with Gasteiger partial charge in [-0.25, -0.2) is 14.8 Å². The zero-order chi connectivity index (χ0) is 34.2. The summed E-state index contributed by atoms with van der Waals surface area (Å²) in [7, 11) is 2.78. The fourth-order valence-corrected chi connectivity index (χ4v) is 7.18. The number of pyridine rings is 1. The van der Waals surface area contributed by atoms with Crippen LogP contribution in [0.5, 0.6) is 5.75 Å². The second-order valence-electron chi connectivity index (χ2n) is 12.6. The van der Waals surface area contributed by atoms with Crippen LogP contribution in [0.15, 0.2) is 54.6 Å². The Hall–Kier alpha value is -4.90. The highest BCUT2D eigenvalue weighted by molar-refractivity contribution is 6.00. The van der Waals surface area contributed by atoms with Crippen molar-refractivity contribution in [1.82, 2.24) is 24.0 Å². The lowest BCUT2D eigenvalue weighted by atomic mass is 10.1. The number of anilines is 1. The molecule has 0 radical (unpaired) electrons. The number of amides is 2. The molecule has 3 fully saturated rings. The van der Waals surface area contributed by atoms with Gasteiger partial charge >= 0.3 is 6.09 Å². The van der Waals surface area contributed by atoms with Crippen molar-refractivity contribution in [1.29, 1.82) is 0 Å². The number of nitrogens with zero attached hydrogens (tertiary/aromatic N) is 5. The molecule has 3 aromatic heterocycles. The van der Waals surface area contributed by atoms with Crippen molar-refractivity contribution in [2.24, 2.45) is 24.5 Å². The van der Waals surface area contributed by atoms with Crippen LogP contribution in [-0.2, 0) is 18.3 Å². The third-order valence-electron chi connectivity index (χ3n) is 9.82. The van der Waals surface area contributed by atoms with Gasteiger partial charge in [-0.2, -0.15) is 0 Å². The van der Waals surface area contributed by atoms with Crippen LogP contribution in [0.4, 0.5) is 10.5 Å². The summed E-state index contributed by atoms with van der Waals surface area (Å²) >= 11 is 0. The molecule has 3 N–H and O–H groups in total. The van der Waals surface area contributed by atoms with Crippen LogP contribution in [0.25, 0.3) is 44.8 Å². The number of methoxy groups -OCH3 is 2. The molecule has 1 aliphatic heterocycles. The molecule has 46 heavy (non-hydrogen) atoms. The average Bonchev–Trinajstić information content (AvgIpc) is 3.41. The summed E-state index contributed by atoms with van der Waals surface area (Å²) in [6, 6.07) is 16.4. The van der Waals surface area contributed by atoms with Crippen LogP contribution in [0.2, 0.25) is 0 Å². The molecule has 236 valence electrons. The standard InChI is InChI=1S/C35H37N7O4/c1-40-31-26(14-23(16-29(31)45-2)34(43)42-18-22-9-13-27(42)30(22)36)39-33(40)28-15-21-8-12-25(38-32(21)41(28)17-19-4-5-19)20-6-10-24(11-7-20)37-35(44)46-3/h6-8,10-12,14-16,19,22,27,30H,4-5,9,13,17-18,36H2,1-3H3,(H,37,44)/t22?,27?,30-/m1/s1/i1D3. The summed E-state index contributed by atoms with van der Waals surface area (Å²) in [6.45, 7) is -1.34. The van der Waals surface area contributed by atoms with E-state index in [4.69, 9.17) is 24.6 Å². The second kappa shape index (κ2) is 10.9. The van der Waals surface area contributed by atoms with Crippen molar-refractivity contribution in [2.45, 2.75) is 44.3 Å². The highest BCUT2D eigenvalue weighted by Gasteiger charge is 2.47. The molecule has 4 heterocycles. The summed E-state index contributed by atoms with van der Waals surface area (Å²) < 4.78 is 39.6. The maximum atomic E-state index is 13.8. The van der Waals surface area contributed by atoms with Crippen LogP contribution < -0.4 is 15.8 Å². The zero-order valence-corrected chi connectivity index (χ0v) is 25.7. The third kappa shape index (κ3) is 4.68. The third-order valence-corrected chi connectivity index (χ3v) is 9.82. The van der Waals surface area contributed by atoms with Gasteiger partial charge in [0.1, 0.15) is 16.9 Å².